The number of aromatic nitrogens is 1. The summed E-state index contributed by atoms with van der Waals surface area (Å²) >= 11 is 0. The van der Waals surface area contributed by atoms with E-state index in [-0.39, 0.29) is 0 Å². The van der Waals surface area contributed by atoms with Gasteiger partial charge in [0.15, 0.2) is 0 Å². The van der Waals surface area contributed by atoms with Crippen LogP contribution in [0.25, 0.3) is 10.9 Å². The molecule has 0 bridgehead atoms. The number of H-pyrrole nitrogens is 1. The normalized spacial score (nSPS) is 18.6. The summed E-state index contributed by atoms with van der Waals surface area (Å²) in [5.74, 6) is -2.23. The number of carbonyl (C=O) groups is 2. The topological polar surface area (TPSA) is 115 Å². The molecule has 1 fully saturated rings. The average molecular weight is 431 g/mol. The van der Waals surface area contributed by atoms with Crippen molar-refractivity contribution < 1.29 is 24.0 Å². The third kappa shape index (κ3) is 4.98. The second-order valence-corrected chi connectivity index (χ2v) is 8.85. The number of nitrogens with zero attached hydrogens (tertiary/aromatic N) is 2. The summed E-state index contributed by atoms with van der Waals surface area (Å²) in [7, 11) is 1.27. The maximum absolute atomic E-state index is 12.9. The lowest BCUT2D eigenvalue weighted by Gasteiger charge is -2.34. The SMILES string of the molecule is COC(=O)[C@@H](c1c[nH]c2ccccc12)[C@H](C[N+](=O)[O-])[C@@H]1CCCN1C(=O)OC(C)(C)C. The Balaban J connectivity index is 2.04. The number of carbonyl (C=O) groups excluding carboxylic acids is 2. The van der Waals surface area contributed by atoms with Crippen LogP contribution in [0, 0.1) is 16.0 Å². The molecule has 2 aromatic rings. The van der Waals surface area contributed by atoms with Crippen LogP contribution in [0.1, 0.15) is 45.1 Å². The molecule has 0 aliphatic carbocycles. The van der Waals surface area contributed by atoms with Gasteiger partial charge in [0, 0.05) is 34.6 Å². The van der Waals surface area contributed by atoms with E-state index in [0.717, 1.165) is 10.9 Å². The van der Waals surface area contributed by atoms with E-state index in [2.05, 4.69) is 4.98 Å². The van der Waals surface area contributed by atoms with E-state index in [1.807, 2.05) is 24.3 Å². The number of amides is 1. The van der Waals surface area contributed by atoms with Crippen molar-refractivity contribution in [3.05, 3.63) is 46.1 Å². The molecule has 1 N–H and O–H groups in total. The van der Waals surface area contributed by atoms with Crippen molar-refractivity contribution in [2.24, 2.45) is 5.92 Å². The number of benzene rings is 1. The first kappa shape index (κ1) is 22.6. The maximum Gasteiger partial charge on any atom is 0.410 e. The first-order valence-electron chi connectivity index (χ1n) is 10.4. The highest BCUT2D eigenvalue weighted by atomic mass is 16.6. The number of aromatic amines is 1. The summed E-state index contributed by atoms with van der Waals surface area (Å²) < 4.78 is 10.6. The zero-order chi connectivity index (χ0) is 22.8. The first-order chi connectivity index (χ1) is 14.6. The number of ether oxygens (including phenoxy) is 2. The standard InChI is InChI=1S/C22H29N3O6/c1-22(2,3)31-21(27)24-11-7-10-18(24)16(13-25(28)29)19(20(26)30-4)15-12-23-17-9-6-5-8-14(15)17/h5-6,8-9,12,16,18-19,23H,7,10-11,13H2,1-4H3/t16-,18+,19+/m1/s1. The number of hydrogen-bond donors (Lipinski definition) is 1. The minimum atomic E-state index is -0.903. The van der Waals surface area contributed by atoms with Crippen LogP contribution in [0.5, 0.6) is 0 Å². The second kappa shape index (κ2) is 8.95. The van der Waals surface area contributed by atoms with Crippen molar-refractivity contribution >= 4 is 23.0 Å². The number of rotatable bonds is 6. The molecule has 3 rings (SSSR count). The fourth-order valence-electron chi connectivity index (χ4n) is 4.42. The molecule has 1 aromatic carbocycles. The van der Waals surface area contributed by atoms with Crippen molar-refractivity contribution in [2.45, 2.75) is 51.2 Å². The molecule has 0 unspecified atom stereocenters. The fourth-order valence-corrected chi connectivity index (χ4v) is 4.42. The Morgan fingerprint density at radius 1 is 1.32 bits per heavy atom. The van der Waals surface area contributed by atoms with Gasteiger partial charge in [-0.05, 0) is 45.2 Å². The molecule has 9 nitrogen and oxygen atoms in total. The van der Waals surface area contributed by atoms with E-state index in [9.17, 15) is 19.7 Å². The van der Waals surface area contributed by atoms with Gasteiger partial charge in [-0.1, -0.05) is 18.2 Å². The summed E-state index contributed by atoms with van der Waals surface area (Å²) in [6.45, 7) is 5.27. The van der Waals surface area contributed by atoms with Crippen molar-refractivity contribution in [1.82, 2.24) is 9.88 Å². The minimum Gasteiger partial charge on any atom is -0.469 e. The molecule has 1 aliphatic rings. The number of fused-ring (bicyclic) bond motifs is 1. The molecule has 168 valence electrons. The van der Waals surface area contributed by atoms with E-state index in [4.69, 9.17) is 9.47 Å². The highest BCUT2D eigenvalue weighted by molar-refractivity contribution is 5.90. The lowest BCUT2D eigenvalue weighted by molar-refractivity contribution is -0.490. The van der Waals surface area contributed by atoms with E-state index in [0.29, 0.717) is 24.9 Å². The van der Waals surface area contributed by atoms with Gasteiger partial charge in [0.05, 0.1) is 18.9 Å². The Bertz CT molecular complexity index is 964. The van der Waals surface area contributed by atoms with Gasteiger partial charge in [0.1, 0.15) is 5.60 Å². The van der Waals surface area contributed by atoms with Crippen molar-refractivity contribution in [3.63, 3.8) is 0 Å². The van der Waals surface area contributed by atoms with Crippen LogP contribution >= 0.6 is 0 Å². The third-order valence-corrected chi connectivity index (χ3v) is 5.62. The Morgan fingerprint density at radius 3 is 2.68 bits per heavy atom. The van der Waals surface area contributed by atoms with Crippen LogP contribution in [-0.2, 0) is 14.3 Å². The molecule has 1 amide bonds. The Labute approximate surface area is 180 Å². The van der Waals surface area contributed by atoms with Crippen LogP contribution in [0.2, 0.25) is 0 Å². The van der Waals surface area contributed by atoms with Gasteiger partial charge in [-0.2, -0.15) is 0 Å². The van der Waals surface area contributed by atoms with Crippen LogP contribution < -0.4 is 0 Å². The van der Waals surface area contributed by atoms with Crippen LogP contribution in [0.3, 0.4) is 0 Å². The van der Waals surface area contributed by atoms with Crippen molar-refractivity contribution in [1.29, 1.82) is 0 Å². The van der Waals surface area contributed by atoms with Gasteiger partial charge in [0.2, 0.25) is 6.54 Å². The molecule has 0 spiro atoms. The second-order valence-electron chi connectivity index (χ2n) is 8.85. The molecule has 2 heterocycles. The number of nitro groups is 1. The van der Waals surface area contributed by atoms with Gasteiger partial charge >= 0.3 is 12.1 Å². The number of nitrogens with one attached hydrogen (secondary N) is 1. The fraction of sp³-hybridized carbons (Fsp3) is 0.545. The summed E-state index contributed by atoms with van der Waals surface area (Å²) in [6.07, 6.45) is 2.41. The van der Waals surface area contributed by atoms with Crippen LogP contribution in [0.4, 0.5) is 4.79 Å². The summed E-state index contributed by atoms with van der Waals surface area (Å²) in [6, 6.07) is 6.93. The van der Waals surface area contributed by atoms with Gasteiger partial charge in [-0.3, -0.25) is 14.9 Å². The molecule has 31 heavy (non-hydrogen) atoms. The van der Waals surface area contributed by atoms with E-state index < -0.39 is 47.0 Å². The van der Waals surface area contributed by atoms with E-state index in [1.165, 1.54) is 12.0 Å². The zero-order valence-corrected chi connectivity index (χ0v) is 18.3. The van der Waals surface area contributed by atoms with E-state index >= 15 is 0 Å². The molecule has 1 aromatic heterocycles. The van der Waals surface area contributed by atoms with Gasteiger partial charge in [-0.25, -0.2) is 4.79 Å². The van der Waals surface area contributed by atoms with Gasteiger partial charge in [-0.15, -0.1) is 0 Å². The highest BCUT2D eigenvalue weighted by Gasteiger charge is 2.46. The average Bonchev–Trinajstić information content (AvgIpc) is 3.33. The molecule has 0 saturated carbocycles. The molecule has 0 radical (unpaired) electrons. The molecule has 3 atom stereocenters. The summed E-state index contributed by atoms with van der Waals surface area (Å²) in [5.41, 5.74) is 0.758. The zero-order valence-electron chi connectivity index (χ0n) is 18.3. The van der Waals surface area contributed by atoms with Crippen LogP contribution in [0.15, 0.2) is 30.5 Å². The third-order valence-electron chi connectivity index (χ3n) is 5.62. The van der Waals surface area contributed by atoms with Gasteiger partial charge < -0.3 is 19.4 Å². The summed E-state index contributed by atoms with van der Waals surface area (Å²) in [5, 5.41) is 12.4. The van der Waals surface area contributed by atoms with E-state index in [1.54, 1.807) is 27.0 Å². The molecule has 1 saturated heterocycles. The minimum absolute atomic E-state index is 0.426. The van der Waals surface area contributed by atoms with Crippen LogP contribution in [-0.4, -0.2) is 58.7 Å². The number of methoxy groups -OCH3 is 1. The number of hydrogen-bond acceptors (Lipinski definition) is 6. The number of likely N-dealkylation sites (tertiary alicyclic amines) is 1. The van der Waals surface area contributed by atoms with Crippen molar-refractivity contribution in [2.75, 3.05) is 20.2 Å². The monoisotopic (exact) mass is 431 g/mol. The highest BCUT2D eigenvalue weighted by Crippen LogP contribution is 2.39. The summed E-state index contributed by atoms with van der Waals surface area (Å²) in [4.78, 5) is 41.6. The lowest BCUT2D eigenvalue weighted by atomic mass is 9.80. The molecule has 1 aliphatic heterocycles. The quantitative estimate of drug-likeness (QED) is 0.423. The molecule has 9 heteroatoms. The van der Waals surface area contributed by atoms with Gasteiger partial charge in [0.25, 0.3) is 0 Å². The Morgan fingerprint density at radius 2 is 2.03 bits per heavy atom. The largest absolute Gasteiger partial charge is 0.469 e. The van der Waals surface area contributed by atoms with Crippen molar-refractivity contribution in [3.8, 4) is 0 Å². The maximum atomic E-state index is 12.9. The molecular formula is C22H29N3O6. The predicted octanol–water partition coefficient (Wildman–Crippen LogP) is 3.72. The lowest BCUT2D eigenvalue weighted by Crippen LogP contribution is -2.47. The number of esters is 1. The molecular weight excluding hydrogens is 402 g/mol. The smallest absolute Gasteiger partial charge is 0.410 e. The first-order valence-corrected chi connectivity index (χ1v) is 10.4. The number of para-hydroxylation sites is 1. The predicted molar refractivity (Wildman–Crippen MR) is 114 cm³/mol. The Kier molecular flexibility index (Phi) is 6.52. The Hall–Kier alpha value is -3.10.